The monoisotopic (exact) mass is 875 g/mol. The van der Waals surface area contributed by atoms with Gasteiger partial charge in [0.1, 0.15) is 48.8 Å². The SMILES string of the molecule is CC(=O)N[C@@H]1[C@H](O[C@H]2[C@H](OCc3ccccc3)[C@@H](OCc3ccccc3)[C@@H](OC(C)C)O[C@@H]2COCc2ccccc2)O[C@H](COCc2ccccc2)[C@H](O)[C@@H]1OCc1ccccc1. The molecule has 0 aromatic heterocycles. The molecule has 12 heteroatoms. The number of carbonyl (C=O) groups excluding carboxylic acids is 1. The van der Waals surface area contributed by atoms with E-state index in [4.69, 9.17) is 42.6 Å². The van der Waals surface area contributed by atoms with Gasteiger partial charge in [-0.05, 0) is 41.7 Å². The second-order valence-electron chi connectivity index (χ2n) is 16.4. The third-order valence-electron chi connectivity index (χ3n) is 11.0. The number of aliphatic hydroxyl groups excluding tert-OH is 1. The van der Waals surface area contributed by atoms with Crippen LogP contribution in [0.1, 0.15) is 48.6 Å². The van der Waals surface area contributed by atoms with Crippen LogP contribution in [0.2, 0.25) is 0 Å². The van der Waals surface area contributed by atoms with Gasteiger partial charge in [0.15, 0.2) is 12.6 Å². The number of carbonyl (C=O) groups is 1. The minimum absolute atomic E-state index is 0.000257. The maximum atomic E-state index is 13.1. The summed E-state index contributed by atoms with van der Waals surface area (Å²) in [6, 6.07) is 48.0. The van der Waals surface area contributed by atoms with E-state index >= 15 is 0 Å². The molecule has 0 saturated carbocycles. The number of hydrogen-bond donors (Lipinski definition) is 2. The Kier molecular flexibility index (Phi) is 18.0. The fourth-order valence-corrected chi connectivity index (χ4v) is 7.87. The topological polar surface area (TPSA) is 132 Å². The third-order valence-corrected chi connectivity index (χ3v) is 11.0. The Bertz CT molecular complexity index is 2060. The lowest BCUT2D eigenvalue weighted by atomic mass is 9.94. The Balaban J connectivity index is 1.25. The van der Waals surface area contributed by atoms with Crippen molar-refractivity contribution in [1.29, 1.82) is 0 Å². The Labute approximate surface area is 376 Å². The van der Waals surface area contributed by atoms with Crippen LogP contribution in [-0.2, 0) is 80.5 Å². The van der Waals surface area contributed by atoms with E-state index in [1.54, 1.807) is 0 Å². The van der Waals surface area contributed by atoms with Gasteiger partial charge in [-0.3, -0.25) is 4.79 Å². The lowest BCUT2D eigenvalue weighted by molar-refractivity contribution is -0.364. The van der Waals surface area contributed by atoms with E-state index in [0.717, 1.165) is 27.8 Å². The zero-order chi connectivity index (χ0) is 44.5. The van der Waals surface area contributed by atoms with E-state index in [-0.39, 0.29) is 51.7 Å². The predicted octanol–water partition coefficient (Wildman–Crippen LogP) is 7.30. The molecule has 2 N–H and O–H groups in total. The van der Waals surface area contributed by atoms with Crippen LogP contribution in [0.3, 0.4) is 0 Å². The average molecular weight is 876 g/mol. The second-order valence-corrected chi connectivity index (χ2v) is 16.4. The molecule has 2 heterocycles. The minimum Gasteiger partial charge on any atom is -0.388 e. The molecule has 5 aromatic carbocycles. The fourth-order valence-electron chi connectivity index (χ4n) is 7.87. The van der Waals surface area contributed by atoms with Crippen molar-refractivity contribution in [2.75, 3.05) is 13.2 Å². The van der Waals surface area contributed by atoms with Crippen molar-refractivity contribution in [3.05, 3.63) is 179 Å². The highest BCUT2D eigenvalue weighted by atomic mass is 16.8. The van der Waals surface area contributed by atoms with Crippen molar-refractivity contribution in [2.45, 2.75) is 121 Å². The fraction of sp³-hybridized carbons (Fsp3) is 0.404. The molecule has 2 aliphatic rings. The number of hydrogen-bond acceptors (Lipinski definition) is 11. The van der Waals surface area contributed by atoms with Gasteiger partial charge in [0.2, 0.25) is 5.91 Å². The van der Waals surface area contributed by atoms with Crippen LogP contribution in [0.4, 0.5) is 0 Å². The highest BCUT2D eigenvalue weighted by molar-refractivity contribution is 5.73. The summed E-state index contributed by atoms with van der Waals surface area (Å²) in [5.74, 6) is -0.365. The van der Waals surface area contributed by atoms with Gasteiger partial charge in [-0.1, -0.05) is 152 Å². The first-order valence-electron chi connectivity index (χ1n) is 22.1. The summed E-state index contributed by atoms with van der Waals surface area (Å²) in [6.07, 6.45) is -8.86. The summed E-state index contributed by atoms with van der Waals surface area (Å²) in [7, 11) is 0. The van der Waals surface area contributed by atoms with Gasteiger partial charge in [0, 0.05) is 6.92 Å². The standard InChI is InChI=1S/C52H61NO11/c1-36(2)61-52-50(60-33-42-27-17-8-18-28-42)49(59-32-41-25-15-7-16-26-41)47(44(63-52)35-57-30-39-21-11-5-12-22-39)64-51-45(53-37(3)54)48(58-31-40-23-13-6-14-24-40)46(55)43(62-51)34-56-29-38-19-9-4-10-20-38/h4-28,36,43-52,55H,29-35H2,1-3H3,(H,53,54)/t43-,44-,45+,46+,47-,48-,49+,50-,51+,52+/m1/s1. The van der Waals surface area contributed by atoms with Gasteiger partial charge in [-0.2, -0.15) is 0 Å². The first-order valence-corrected chi connectivity index (χ1v) is 22.1. The summed E-state index contributed by atoms with van der Waals surface area (Å²) in [4.78, 5) is 13.1. The summed E-state index contributed by atoms with van der Waals surface area (Å²) < 4.78 is 60.0. The lowest BCUT2D eigenvalue weighted by Gasteiger charge is -2.50. The van der Waals surface area contributed by atoms with Gasteiger partial charge in [-0.15, -0.1) is 0 Å². The Hall–Kier alpha value is -4.83. The van der Waals surface area contributed by atoms with Crippen molar-refractivity contribution >= 4 is 5.91 Å². The molecule has 0 spiro atoms. The number of ether oxygens (including phenoxy) is 9. The van der Waals surface area contributed by atoms with E-state index in [1.807, 2.05) is 166 Å². The van der Waals surface area contributed by atoms with Crippen molar-refractivity contribution in [3.8, 4) is 0 Å². The highest BCUT2D eigenvalue weighted by Crippen LogP contribution is 2.35. The Morgan fingerprint density at radius 3 is 1.36 bits per heavy atom. The number of nitrogens with one attached hydrogen (secondary N) is 1. The van der Waals surface area contributed by atoms with Crippen LogP contribution in [-0.4, -0.2) is 91.7 Å². The van der Waals surface area contributed by atoms with Crippen molar-refractivity contribution in [2.24, 2.45) is 0 Å². The third kappa shape index (κ3) is 13.8. The Morgan fingerprint density at radius 2 is 0.922 bits per heavy atom. The maximum absolute atomic E-state index is 13.1. The van der Waals surface area contributed by atoms with Crippen LogP contribution in [0.25, 0.3) is 0 Å². The van der Waals surface area contributed by atoms with E-state index in [2.05, 4.69) is 5.32 Å². The minimum atomic E-state index is -1.22. The van der Waals surface area contributed by atoms with Crippen LogP contribution < -0.4 is 5.32 Å². The summed E-state index contributed by atoms with van der Waals surface area (Å²) in [6.45, 7) is 6.55. The highest BCUT2D eigenvalue weighted by Gasteiger charge is 2.54. The molecular formula is C52H61NO11. The lowest BCUT2D eigenvalue weighted by Crippen LogP contribution is -2.68. The van der Waals surface area contributed by atoms with E-state index in [0.29, 0.717) is 6.61 Å². The molecule has 1 amide bonds. The number of amides is 1. The van der Waals surface area contributed by atoms with Crippen molar-refractivity contribution in [3.63, 3.8) is 0 Å². The quantitative estimate of drug-likeness (QED) is 0.0727. The maximum Gasteiger partial charge on any atom is 0.217 e. The molecule has 0 bridgehead atoms. The van der Waals surface area contributed by atoms with Crippen molar-refractivity contribution in [1.82, 2.24) is 5.32 Å². The largest absolute Gasteiger partial charge is 0.388 e. The molecule has 5 aromatic rings. The smallest absolute Gasteiger partial charge is 0.217 e. The van der Waals surface area contributed by atoms with Crippen LogP contribution in [0.5, 0.6) is 0 Å². The molecule has 2 saturated heterocycles. The van der Waals surface area contributed by atoms with Crippen LogP contribution in [0.15, 0.2) is 152 Å². The summed E-state index contributed by atoms with van der Waals surface area (Å²) >= 11 is 0. The van der Waals surface area contributed by atoms with Gasteiger partial charge >= 0.3 is 0 Å². The average Bonchev–Trinajstić information content (AvgIpc) is 3.31. The zero-order valence-electron chi connectivity index (χ0n) is 36.8. The molecule has 10 atom stereocenters. The number of benzene rings is 5. The first-order chi connectivity index (χ1) is 31.3. The molecule has 2 aliphatic heterocycles. The zero-order valence-corrected chi connectivity index (χ0v) is 36.8. The molecule has 12 nitrogen and oxygen atoms in total. The number of aliphatic hydroxyl groups is 1. The second kappa shape index (κ2) is 24.5. The summed E-state index contributed by atoms with van der Waals surface area (Å²) in [5.41, 5.74) is 4.72. The van der Waals surface area contributed by atoms with E-state index < -0.39 is 61.3 Å². The van der Waals surface area contributed by atoms with E-state index in [9.17, 15) is 9.90 Å². The predicted molar refractivity (Wildman–Crippen MR) is 239 cm³/mol. The molecular weight excluding hydrogens is 815 g/mol. The van der Waals surface area contributed by atoms with Gasteiger partial charge < -0.3 is 53.1 Å². The molecule has 7 rings (SSSR count). The first kappa shape index (κ1) is 47.1. The molecule has 2 fully saturated rings. The van der Waals surface area contributed by atoms with Gasteiger partial charge in [-0.25, -0.2) is 0 Å². The van der Waals surface area contributed by atoms with Crippen LogP contribution in [0, 0.1) is 0 Å². The van der Waals surface area contributed by atoms with Gasteiger partial charge in [0.25, 0.3) is 0 Å². The molecule has 340 valence electrons. The number of rotatable bonds is 22. The molecule has 0 unspecified atom stereocenters. The normalized spacial score (nSPS) is 25.8. The van der Waals surface area contributed by atoms with Crippen LogP contribution >= 0.6 is 0 Å². The van der Waals surface area contributed by atoms with E-state index in [1.165, 1.54) is 6.92 Å². The van der Waals surface area contributed by atoms with Crippen molar-refractivity contribution < 1.29 is 52.5 Å². The summed E-state index contributed by atoms with van der Waals surface area (Å²) in [5, 5.41) is 15.0. The molecule has 0 aliphatic carbocycles. The molecule has 0 radical (unpaired) electrons. The Morgan fingerprint density at radius 1 is 0.531 bits per heavy atom. The van der Waals surface area contributed by atoms with Gasteiger partial charge in [0.05, 0.1) is 52.4 Å². The molecule has 64 heavy (non-hydrogen) atoms.